The van der Waals surface area contributed by atoms with Crippen molar-refractivity contribution in [2.75, 3.05) is 56.5 Å². The third-order valence-corrected chi connectivity index (χ3v) is 7.02. The molecule has 3 N–H and O–H groups in total. The van der Waals surface area contributed by atoms with Gasteiger partial charge in [0, 0.05) is 48.9 Å². The Kier molecular flexibility index (Phi) is 10.9. The number of hydrogen-bond donors (Lipinski definition) is 2. The van der Waals surface area contributed by atoms with Gasteiger partial charge in [0.25, 0.3) is 0 Å². The summed E-state index contributed by atoms with van der Waals surface area (Å²) in [7, 11) is 0. The van der Waals surface area contributed by atoms with E-state index in [0.717, 1.165) is 73.4 Å². The Bertz CT molecular complexity index is 1260. The third kappa shape index (κ3) is 7.60. The van der Waals surface area contributed by atoms with E-state index in [1.54, 1.807) is 11.0 Å². The molecule has 0 unspecified atom stereocenters. The van der Waals surface area contributed by atoms with Gasteiger partial charge in [0.15, 0.2) is 0 Å². The minimum atomic E-state index is 0.0139. The van der Waals surface area contributed by atoms with Gasteiger partial charge in [-0.05, 0) is 50.9 Å². The summed E-state index contributed by atoms with van der Waals surface area (Å²) >= 11 is 0. The maximum atomic E-state index is 10.8. The van der Waals surface area contributed by atoms with Crippen molar-refractivity contribution in [1.29, 1.82) is 0 Å². The number of rotatable bonds is 10. The zero-order valence-electron chi connectivity index (χ0n) is 23.7. The van der Waals surface area contributed by atoms with Gasteiger partial charge >= 0.3 is 6.01 Å². The molecule has 0 fully saturated rings. The number of nitrogens with two attached hydrogens (primary N) is 1. The summed E-state index contributed by atoms with van der Waals surface area (Å²) in [5.41, 5.74) is 9.10. The number of aromatic nitrogens is 2. The van der Waals surface area contributed by atoms with Gasteiger partial charge in [-0.1, -0.05) is 44.7 Å². The van der Waals surface area contributed by atoms with Gasteiger partial charge in [0.05, 0.1) is 12.2 Å². The molecule has 0 radical (unpaired) electrons. The highest BCUT2D eigenvalue weighted by atomic mass is 16.5. The first kappa shape index (κ1) is 29.7. The van der Waals surface area contributed by atoms with Gasteiger partial charge in [0.2, 0.25) is 5.91 Å². The van der Waals surface area contributed by atoms with E-state index < -0.39 is 0 Å². The van der Waals surface area contributed by atoms with E-state index in [1.165, 1.54) is 6.08 Å². The molecule has 0 bridgehead atoms. The zero-order valence-corrected chi connectivity index (χ0v) is 23.7. The van der Waals surface area contributed by atoms with Crippen LogP contribution in [0.1, 0.15) is 39.0 Å². The summed E-state index contributed by atoms with van der Waals surface area (Å²) in [6.07, 6.45) is 2.10. The number of phenolic OH excluding ortho intramolecular Hbond substituents is 1. The Labute approximate surface area is 231 Å². The normalized spacial score (nSPS) is 12.5. The molecule has 1 amide bonds. The number of ether oxygens (including phenoxy) is 1. The Morgan fingerprint density at radius 3 is 2.49 bits per heavy atom. The van der Waals surface area contributed by atoms with Crippen LogP contribution in [0.15, 0.2) is 49.1 Å². The SMILES string of the molecule is C=CC(=O)N(CC)CC.CCN(CC)CCOc1nc(N)c2c(n1)CN(c1cc(O)cc3ccccc13)CC2. The highest BCUT2D eigenvalue weighted by Crippen LogP contribution is 2.35. The number of anilines is 2. The monoisotopic (exact) mass is 534 g/mol. The smallest absolute Gasteiger partial charge is 0.318 e. The number of carbonyl (C=O) groups is 1. The first-order valence-electron chi connectivity index (χ1n) is 13.7. The maximum absolute atomic E-state index is 10.8. The lowest BCUT2D eigenvalue weighted by Gasteiger charge is -2.31. The molecule has 4 rings (SSSR count). The summed E-state index contributed by atoms with van der Waals surface area (Å²) in [5, 5.41) is 12.3. The van der Waals surface area contributed by atoms with E-state index in [2.05, 4.69) is 46.3 Å². The van der Waals surface area contributed by atoms with Crippen LogP contribution in [0, 0.1) is 0 Å². The topological polar surface area (TPSA) is 108 Å². The molecular formula is C30H42N6O3. The number of hydrogen-bond acceptors (Lipinski definition) is 8. The number of aromatic hydroxyl groups is 1. The number of nitrogens with zero attached hydrogens (tertiary/aromatic N) is 5. The second kappa shape index (κ2) is 14.3. The molecule has 0 spiro atoms. The van der Waals surface area contributed by atoms with Crippen molar-refractivity contribution in [2.45, 2.75) is 40.7 Å². The molecule has 3 aromatic rings. The van der Waals surface area contributed by atoms with E-state index in [0.29, 0.717) is 25.0 Å². The number of likely N-dealkylation sites (N-methyl/N-ethyl adjacent to an activating group) is 2. The van der Waals surface area contributed by atoms with E-state index in [9.17, 15) is 9.90 Å². The minimum absolute atomic E-state index is 0.0139. The molecule has 1 aliphatic heterocycles. The molecule has 0 atom stereocenters. The molecule has 9 heteroatoms. The number of nitrogen functional groups attached to an aromatic ring is 1. The summed E-state index contributed by atoms with van der Waals surface area (Å²) < 4.78 is 5.81. The molecule has 2 aromatic carbocycles. The molecule has 1 aromatic heterocycles. The third-order valence-electron chi connectivity index (χ3n) is 7.02. The summed E-state index contributed by atoms with van der Waals surface area (Å²) in [6, 6.07) is 12.0. The number of amides is 1. The minimum Gasteiger partial charge on any atom is -0.508 e. The summed E-state index contributed by atoms with van der Waals surface area (Å²) in [5.74, 6) is 0.773. The van der Waals surface area contributed by atoms with Gasteiger partial charge in [0.1, 0.15) is 18.2 Å². The van der Waals surface area contributed by atoms with Crippen molar-refractivity contribution in [2.24, 2.45) is 0 Å². The fourth-order valence-corrected chi connectivity index (χ4v) is 4.71. The number of benzene rings is 2. The average molecular weight is 535 g/mol. The standard InChI is InChI=1S/C23H29N5O2.C7H13NO/c1-3-27(4-2)11-12-30-23-25-20-15-28(10-9-19(20)22(24)26-23)21-14-17(29)13-16-7-5-6-8-18(16)21;1-4-7(9)8(5-2)6-3/h5-8,13-14,29H,3-4,9-12,15H2,1-2H3,(H2,24,25,26);4H,1,5-6H2,2-3H3. The molecular weight excluding hydrogens is 492 g/mol. The van der Waals surface area contributed by atoms with Crippen molar-refractivity contribution in [3.63, 3.8) is 0 Å². The summed E-state index contributed by atoms with van der Waals surface area (Å²) in [4.78, 5) is 26.0. The number of phenols is 1. The van der Waals surface area contributed by atoms with Crippen LogP contribution in [-0.2, 0) is 17.8 Å². The zero-order chi connectivity index (χ0) is 28.4. The van der Waals surface area contributed by atoms with Gasteiger partial charge in [-0.2, -0.15) is 9.97 Å². The first-order chi connectivity index (χ1) is 18.8. The van der Waals surface area contributed by atoms with Crippen LogP contribution in [0.3, 0.4) is 0 Å². The second-order valence-electron chi connectivity index (χ2n) is 9.26. The molecule has 0 aliphatic carbocycles. The van der Waals surface area contributed by atoms with Crippen LogP contribution < -0.4 is 15.4 Å². The average Bonchev–Trinajstić information content (AvgIpc) is 2.95. The number of carbonyl (C=O) groups excluding carboxylic acids is 1. The van der Waals surface area contributed by atoms with Gasteiger partial charge in [-0.25, -0.2) is 0 Å². The summed E-state index contributed by atoms with van der Waals surface area (Å²) in [6.45, 7) is 17.8. The van der Waals surface area contributed by atoms with E-state index in [4.69, 9.17) is 10.5 Å². The lowest BCUT2D eigenvalue weighted by Crippen LogP contribution is -2.32. The highest BCUT2D eigenvalue weighted by molar-refractivity contribution is 5.95. The van der Waals surface area contributed by atoms with Crippen LogP contribution in [0.2, 0.25) is 0 Å². The molecule has 1 aliphatic rings. The predicted molar refractivity (Wildman–Crippen MR) is 158 cm³/mol. The fourth-order valence-electron chi connectivity index (χ4n) is 4.71. The van der Waals surface area contributed by atoms with Gasteiger partial charge < -0.3 is 30.3 Å². The van der Waals surface area contributed by atoms with Crippen molar-refractivity contribution >= 4 is 28.2 Å². The lowest BCUT2D eigenvalue weighted by atomic mass is 10.0. The molecule has 210 valence electrons. The molecule has 39 heavy (non-hydrogen) atoms. The number of fused-ring (bicyclic) bond motifs is 2. The molecule has 2 heterocycles. The lowest BCUT2D eigenvalue weighted by molar-refractivity contribution is -0.125. The molecule has 0 saturated carbocycles. The quantitative estimate of drug-likeness (QED) is 0.372. The Balaban J connectivity index is 0.000000403. The predicted octanol–water partition coefficient (Wildman–Crippen LogP) is 4.24. The maximum Gasteiger partial charge on any atom is 0.318 e. The Hall–Kier alpha value is -3.85. The van der Waals surface area contributed by atoms with Gasteiger partial charge in [-0.3, -0.25) is 4.79 Å². The van der Waals surface area contributed by atoms with E-state index in [1.807, 2.05) is 38.1 Å². The van der Waals surface area contributed by atoms with Gasteiger partial charge in [-0.15, -0.1) is 0 Å². The molecule has 0 saturated heterocycles. The second-order valence-corrected chi connectivity index (χ2v) is 9.26. The Morgan fingerprint density at radius 1 is 1.13 bits per heavy atom. The van der Waals surface area contributed by atoms with Crippen LogP contribution in [0.25, 0.3) is 10.8 Å². The van der Waals surface area contributed by atoms with E-state index >= 15 is 0 Å². The van der Waals surface area contributed by atoms with Crippen molar-refractivity contribution in [3.8, 4) is 11.8 Å². The van der Waals surface area contributed by atoms with Crippen molar-refractivity contribution < 1.29 is 14.6 Å². The van der Waals surface area contributed by atoms with Crippen molar-refractivity contribution in [1.82, 2.24) is 19.8 Å². The largest absolute Gasteiger partial charge is 0.508 e. The van der Waals surface area contributed by atoms with E-state index in [-0.39, 0.29) is 11.7 Å². The van der Waals surface area contributed by atoms with Crippen LogP contribution in [-0.4, -0.2) is 76.7 Å². The van der Waals surface area contributed by atoms with Crippen LogP contribution in [0.5, 0.6) is 11.8 Å². The van der Waals surface area contributed by atoms with Crippen LogP contribution in [0.4, 0.5) is 11.5 Å². The highest BCUT2D eigenvalue weighted by Gasteiger charge is 2.23. The fraction of sp³-hybridized carbons (Fsp3) is 0.433. The molecule has 9 nitrogen and oxygen atoms in total. The first-order valence-corrected chi connectivity index (χ1v) is 13.7. The van der Waals surface area contributed by atoms with Crippen LogP contribution >= 0.6 is 0 Å². The van der Waals surface area contributed by atoms with Crippen molar-refractivity contribution in [3.05, 3.63) is 60.3 Å². The Morgan fingerprint density at radius 2 is 1.85 bits per heavy atom.